The molecule has 2 aromatic heterocycles. The zero-order valence-electron chi connectivity index (χ0n) is 14.6. The molecule has 132 valence electrons. The minimum Gasteiger partial charge on any atom is -0.489 e. The zero-order valence-corrected chi connectivity index (χ0v) is 14.6. The van der Waals surface area contributed by atoms with E-state index in [9.17, 15) is 9.18 Å². The molecule has 0 aliphatic heterocycles. The minimum atomic E-state index is -0.471. The van der Waals surface area contributed by atoms with Gasteiger partial charge in [0.05, 0.1) is 10.9 Å². The minimum absolute atomic E-state index is 0.107. The predicted molar refractivity (Wildman–Crippen MR) is 97.4 cm³/mol. The molecule has 0 fully saturated rings. The highest BCUT2D eigenvalue weighted by Crippen LogP contribution is 2.28. The van der Waals surface area contributed by atoms with Gasteiger partial charge in [-0.05, 0) is 29.9 Å². The van der Waals surface area contributed by atoms with Crippen molar-refractivity contribution in [3.05, 3.63) is 46.8 Å². The highest BCUT2D eigenvalue weighted by atomic mass is 19.1. The Morgan fingerprint density at radius 1 is 1.28 bits per heavy atom. The third-order valence-corrected chi connectivity index (χ3v) is 4.28. The molecule has 1 atom stereocenters. The topological polar surface area (TPSA) is 70.1 Å². The molecule has 0 amide bonds. The van der Waals surface area contributed by atoms with Crippen molar-refractivity contribution in [3.63, 3.8) is 0 Å². The second-order valence-electron chi connectivity index (χ2n) is 6.79. The van der Waals surface area contributed by atoms with E-state index in [2.05, 4.69) is 18.8 Å². The van der Waals surface area contributed by atoms with Crippen molar-refractivity contribution in [1.29, 1.82) is 0 Å². The Balaban J connectivity index is 2.06. The lowest BCUT2D eigenvalue weighted by Gasteiger charge is -2.16. The molecule has 3 aromatic rings. The first-order chi connectivity index (χ1) is 11.9. The van der Waals surface area contributed by atoms with Crippen molar-refractivity contribution in [1.82, 2.24) is 9.55 Å². The first-order valence-electron chi connectivity index (χ1n) is 8.32. The summed E-state index contributed by atoms with van der Waals surface area (Å²) >= 11 is 0. The van der Waals surface area contributed by atoms with Crippen LogP contribution in [0.4, 0.5) is 4.39 Å². The van der Waals surface area contributed by atoms with E-state index in [-0.39, 0.29) is 24.0 Å². The molecule has 2 heterocycles. The lowest BCUT2D eigenvalue weighted by atomic mass is 10.1. The van der Waals surface area contributed by atoms with Gasteiger partial charge in [0.15, 0.2) is 11.6 Å². The Bertz CT molecular complexity index is 982. The van der Waals surface area contributed by atoms with E-state index < -0.39 is 5.82 Å². The first-order valence-corrected chi connectivity index (χ1v) is 8.32. The number of rotatable bonds is 5. The number of hydrogen-bond acceptors (Lipinski definition) is 4. The lowest BCUT2D eigenvalue weighted by molar-refractivity contribution is 0.260. The number of pyridine rings is 2. The van der Waals surface area contributed by atoms with Crippen LogP contribution in [-0.2, 0) is 7.05 Å². The maximum Gasteiger partial charge on any atom is 0.260 e. The number of nitrogens with two attached hydrogens (primary N) is 1. The highest BCUT2D eigenvalue weighted by Gasteiger charge is 2.14. The summed E-state index contributed by atoms with van der Waals surface area (Å²) < 4.78 is 21.6. The van der Waals surface area contributed by atoms with Crippen LogP contribution in [0, 0.1) is 11.7 Å². The number of aromatic nitrogens is 2. The van der Waals surface area contributed by atoms with Gasteiger partial charge in [-0.15, -0.1) is 0 Å². The van der Waals surface area contributed by atoms with Crippen LogP contribution in [0.1, 0.15) is 20.3 Å². The molecule has 0 aliphatic rings. The Kier molecular flexibility index (Phi) is 4.72. The van der Waals surface area contributed by atoms with Crippen molar-refractivity contribution in [2.24, 2.45) is 18.7 Å². The standard InChI is InChI=1S/C19H22FN3O2/c1-11(2)6-12(21)10-25-18-8-17-14(7-16(18)20)13-4-5-22-9-15(13)19(24)23(17)3/h4-5,7-9,11-12H,6,10,21H2,1-3H3/t12-/m0/s1. The number of halogens is 1. The number of benzene rings is 1. The Labute approximate surface area is 145 Å². The fraction of sp³-hybridized carbons (Fsp3) is 0.368. The lowest BCUT2D eigenvalue weighted by Crippen LogP contribution is -2.29. The normalized spacial score (nSPS) is 12.9. The second-order valence-corrected chi connectivity index (χ2v) is 6.79. The van der Waals surface area contributed by atoms with Crippen LogP contribution < -0.4 is 16.0 Å². The third-order valence-electron chi connectivity index (χ3n) is 4.28. The van der Waals surface area contributed by atoms with Crippen LogP contribution in [-0.4, -0.2) is 22.2 Å². The molecule has 3 rings (SSSR count). The van der Waals surface area contributed by atoms with E-state index in [1.54, 1.807) is 25.4 Å². The first kappa shape index (κ1) is 17.4. The fourth-order valence-corrected chi connectivity index (χ4v) is 3.11. The van der Waals surface area contributed by atoms with Gasteiger partial charge in [-0.1, -0.05) is 13.8 Å². The van der Waals surface area contributed by atoms with Gasteiger partial charge in [0.2, 0.25) is 0 Å². The summed E-state index contributed by atoms with van der Waals surface area (Å²) in [4.78, 5) is 16.5. The van der Waals surface area contributed by atoms with Crippen LogP contribution in [0.15, 0.2) is 35.4 Å². The molecule has 0 unspecified atom stereocenters. The van der Waals surface area contributed by atoms with E-state index in [0.717, 1.165) is 6.42 Å². The molecule has 0 bridgehead atoms. The van der Waals surface area contributed by atoms with Gasteiger partial charge in [0.25, 0.3) is 5.56 Å². The monoisotopic (exact) mass is 343 g/mol. The molecule has 2 N–H and O–H groups in total. The van der Waals surface area contributed by atoms with Gasteiger partial charge in [-0.25, -0.2) is 4.39 Å². The van der Waals surface area contributed by atoms with Crippen molar-refractivity contribution in [2.75, 3.05) is 6.61 Å². The maximum atomic E-state index is 14.5. The van der Waals surface area contributed by atoms with Crippen molar-refractivity contribution in [3.8, 4) is 5.75 Å². The number of aryl methyl sites for hydroxylation is 1. The number of ether oxygens (including phenoxy) is 1. The average molecular weight is 343 g/mol. The molecule has 25 heavy (non-hydrogen) atoms. The smallest absolute Gasteiger partial charge is 0.260 e. The molecule has 0 saturated carbocycles. The van der Waals surface area contributed by atoms with Gasteiger partial charge in [-0.2, -0.15) is 0 Å². The van der Waals surface area contributed by atoms with Gasteiger partial charge in [-0.3, -0.25) is 9.78 Å². The third kappa shape index (κ3) is 3.35. The average Bonchev–Trinajstić information content (AvgIpc) is 2.57. The van der Waals surface area contributed by atoms with Gasteiger partial charge < -0.3 is 15.0 Å². The van der Waals surface area contributed by atoms with Gasteiger partial charge >= 0.3 is 0 Å². The van der Waals surface area contributed by atoms with Crippen LogP contribution in [0.3, 0.4) is 0 Å². The van der Waals surface area contributed by atoms with Crippen molar-refractivity contribution < 1.29 is 9.13 Å². The van der Waals surface area contributed by atoms with Crippen LogP contribution in [0.5, 0.6) is 5.75 Å². The summed E-state index contributed by atoms with van der Waals surface area (Å²) in [7, 11) is 1.66. The molecule has 0 aliphatic carbocycles. The molecular weight excluding hydrogens is 321 g/mol. The second kappa shape index (κ2) is 6.80. The van der Waals surface area contributed by atoms with E-state index in [1.165, 1.54) is 16.8 Å². The number of hydrogen-bond donors (Lipinski definition) is 1. The van der Waals surface area contributed by atoms with Crippen LogP contribution >= 0.6 is 0 Å². The predicted octanol–water partition coefficient (Wildman–Crippen LogP) is 2.98. The van der Waals surface area contributed by atoms with E-state index in [1.807, 2.05) is 0 Å². The van der Waals surface area contributed by atoms with Gasteiger partial charge in [0.1, 0.15) is 6.61 Å². The highest BCUT2D eigenvalue weighted by molar-refractivity contribution is 6.05. The molecule has 0 radical (unpaired) electrons. The number of fused-ring (bicyclic) bond motifs is 3. The SMILES string of the molecule is CC(C)C[C@H](N)COc1cc2c(cc1F)c1ccncc1c(=O)n2C. The molecular formula is C19H22FN3O2. The summed E-state index contributed by atoms with van der Waals surface area (Å²) in [6.07, 6.45) is 3.89. The molecule has 1 aromatic carbocycles. The van der Waals surface area contributed by atoms with Gasteiger partial charge in [0, 0.05) is 36.9 Å². The molecule has 0 spiro atoms. The summed E-state index contributed by atoms with van der Waals surface area (Å²) in [5.74, 6) is 0.0805. The quantitative estimate of drug-likeness (QED) is 0.723. The fourth-order valence-electron chi connectivity index (χ4n) is 3.11. The van der Waals surface area contributed by atoms with E-state index in [4.69, 9.17) is 10.5 Å². The van der Waals surface area contributed by atoms with E-state index >= 15 is 0 Å². The summed E-state index contributed by atoms with van der Waals surface area (Å²) in [6, 6.07) is 4.52. The van der Waals surface area contributed by atoms with E-state index in [0.29, 0.717) is 27.6 Å². The number of nitrogens with zero attached hydrogens (tertiary/aromatic N) is 2. The molecule has 5 nitrogen and oxygen atoms in total. The Morgan fingerprint density at radius 2 is 2.04 bits per heavy atom. The maximum absolute atomic E-state index is 14.5. The Morgan fingerprint density at radius 3 is 2.76 bits per heavy atom. The molecule has 6 heteroatoms. The van der Waals surface area contributed by atoms with Crippen LogP contribution in [0.2, 0.25) is 0 Å². The zero-order chi connectivity index (χ0) is 18.1. The molecule has 0 saturated heterocycles. The van der Waals surface area contributed by atoms with Crippen molar-refractivity contribution >= 4 is 21.7 Å². The Hall–Kier alpha value is -2.47. The van der Waals surface area contributed by atoms with Crippen molar-refractivity contribution in [2.45, 2.75) is 26.3 Å². The summed E-state index contributed by atoms with van der Waals surface area (Å²) in [5.41, 5.74) is 6.44. The summed E-state index contributed by atoms with van der Waals surface area (Å²) in [6.45, 7) is 4.38. The van der Waals surface area contributed by atoms with Crippen LogP contribution in [0.25, 0.3) is 21.7 Å². The largest absolute Gasteiger partial charge is 0.489 e. The summed E-state index contributed by atoms with van der Waals surface area (Å²) in [5, 5.41) is 1.79.